The van der Waals surface area contributed by atoms with Gasteiger partial charge in [0.2, 0.25) is 0 Å². The van der Waals surface area contributed by atoms with Gasteiger partial charge in [-0.25, -0.2) is 9.48 Å². The average molecular weight is 243 g/mol. The van der Waals surface area contributed by atoms with Crippen molar-refractivity contribution < 1.29 is 9.90 Å². The number of aryl methyl sites for hydroxylation is 1. The Kier molecular flexibility index (Phi) is 2.40. The topological polar surface area (TPSA) is 68.0 Å². The minimum Gasteiger partial charge on any atom is -0.476 e. The highest BCUT2D eigenvalue weighted by Gasteiger charge is 2.34. The molecule has 0 amide bonds. The van der Waals surface area contributed by atoms with Crippen molar-refractivity contribution in [1.29, 1.82) is 0 Å². The van der Waals surface area contributed by atoms with Gasteiger partial charge in [0, 0.05) is 5.92 Å². The second kappa shape index (κ2) is 3.94. The second-order valence-electron chi connectivity index (χ2n) is 4.65. The first-order valence-electron chi connectivity index (χ1n) is 5.93. The molecule has 0 spiro atoms. The first-order chi connectivity index (χ1) is 8.66. The lowest BCUT2D eigenvalue weighted by atomic mass is 10.2. The van der Waals surface area contributed by atoms with E-state index < -0.39 is 5.97 Å². The van der Waals surface area contributed by atoms with Gasteiger partial charge >= 0.3 is 5.97 Å². The Morgan fingerprint density at radius 2 is 2.00 bits per heavy atom. The third kappa shape index (κ3) is 1.77. The molecule has 1 aliphatic rings. The largest absolute Gasteiger partial charge is 0.476 e. The number of rotatable bonds is 3. The van der Waals surface area contributed by atoms with Crippen LogP contribution in [0.2, 0.25) is 0 Å². The van der Waals surface area contributed by atoms with Gasteiger partial charge in [-0.2, -0.15) is 0 Å². The SMILES string of the molecule is Cc1ccc(-n2nnc(C(=O)O)c2C2CC2)cc1. The molecular formula is C13H13N3O2. The fraction of sp³-hybridized carbons (Fsp3) is 0.308. The Balaban J connectivity index is 2.11. The highest BCUT2D eigenvalue weighted by molar-refractivity contribution is 5.87. The summed E-state index contributed by atoms with van der Waals surface area (Å²) in [6.07, 6.45) is 2.03. The van der Waals surface area contributed by atoms with Crippen LogP contribution < -0.4 is 0 Å². The smallest absolute Gasteiger partial charge is 0.358 e. The highest BCUT2D eigenvalue weighted by Crippen LogP contribution is 2.41. The van der Waals surface area contributed by atoms with Crippen LogP contribution in [0.15, 0.2) is 24.3 Å². The van der Waals surface area contributed by atoms with Crippen molar-refractivity contribution in [2.24, 2.45) is 0 Å². The molecule has 3 rings (SSSR count). The molecule has 0 bridgehead atoms. The number of hydrogen-bond donors (Lipinski definition) is 1. The molecule has 0 atom stereocenters. The van der Waals surface area contributed by atoms with E-state index in [-0.39, 0.29) is 11.6 Å². The Bertz CT molecular complexity index is 597. The van der Waals surface area contributed by atoms with E-state index in [0.29, 0.717) is 0 Å². The van der Waals surface area contributed by atoms with Crippen LogP contribution in [0.25, 0.3) is 5.69 Å². The van der Waals surface area contributed by atoms with Gasteiger partial charge in [0.1, 0.15) is 0 Å². The van der Waals surface area contributed by atoms with E-state index in [4.69, 9.17) is 5.11 Å². The number of carboxylic acids is 1. The molecule has 1 N–H and O–H groups in total. The van der Waals surface area contributed by atoms with Gasteiger partial charge in [-0.05, 0) is 31.9 Å². The Morgan fingerprint density at radius 1 is 1.33 bits per heavy atom. The molecule has 1 aliphatic carbocycles. The van der Waals surface area contributed by atoms with Gasteiger partial charge < -0.3 is 5.11 Å². The Labute approximate surface area is 104 Å². The summed E-state index contributed by atoms with van der Waals surface area (Å²) >= 11 is 0. The number of carbonyl (C=O) groups is 1. The van der Waals surface area contributed by atoms with Crippen LogP contribution in [0.4, 0.5) is 0 Å². The van der Waals surface area contributed by atoms with Crippen molar-refractivity contribution in [3.8, 4) is 5.69 Å². The van der Waals surface area contributed by atoms with Crippen LogP contribution in [0.5, 0.6) is 0 Å². The summed E-state index contributed by atoms with van der Waals surface area (Å²) in [4.78, 5) is 11.1. The zero-order valence-electron chi connectivity index (χ0n) is 10.00. The molecule has 1 heterocycles. The molecule has 0 radical (unpaired) electrons. The molecule has 1 aromatic heterocycles. The molecule has 0 unspecified atom stereocenters. The number of aromatic nitrogens is 3. The first kappa shape index (κ1) is 11.0. The van der Waals surface area contributed by atoms with Crippen LogP contribution in [0, 0.1) is 6.92 Å². The van der Waals surface area contributed by atoms with Gasteiger partial charge in [0.05, 0.1) is 11.4 Å². The third-order valence-electron chi connectivity index (χ3n) is 3.15. The molecule has 0 aliphatic heterocycles. The summed E-state index contributed by atoms with van der Waals surface area (Å²) in [6.45, 7) is 2.01. The summed E-state index contributed by atoms with van der Waals surface area (Å²) in [6, 6.07) is 7.82. The maximum absolute atomic E-state index is 11.1. The zero-order chi connectivity index (χ0) is 12.7. The normalized spacial score (nSPS) is 14.7. The maximum Gasteiger partial charge on any atom is 0.358 e. The molecule has 18 heavy (non-hydrogen) atoms. The number of carboxylic acid groups (broad SMARTS) is 1. The molecule has 1 fully saturated rings. The van der Waals surface area contributed by atoms with Crippen molar-refractivity contribution in [1.82, 2.24) is 15.0 Å². The van der Waals surface area contributed by atoms with Gasteiger partial charge in [-0.15, -0.1) is 5.10 Å². The van der Waals surface area contributed by atoms with Crippen LogP contribution >= 0.6 is 0 Å². The Morgan fingerprint density at radius 3 is 2.56 bits per heavy atom. The molecular weight excluding hydrogens is 230 g/mol. The van der Waals surface area contributed by atoms with E-state index in [0.717, 1.165) is 29.8 Å². The maximum atomic E-state index is 11.1. The number of hydrogen-bond acceptors (Lipinski definition) is 3. The summed E-state index contributed by atoms with van der Waals surface area (Å²) in [5.74, 6) is -0.720. The molecule has 5 nitrogen and oxygen atoms in total. The molecule has 2 aromatic rings. The monoisotopic (exact) mass is 243 g/mol. The third-order valence-corrected chi connectivity index (χ3v) is 3.15. The quantitative estimate of drug-likeness (QED) is 0.896. The zero-order valence-corrected chi connectivity index (χ0v) is 10.00. The van der Waals surface area contributed by atoms with Crippen LogP contribution in [-0.2, 0) is 0 Å². The van der Waals surface area contributed by atoms with E-state index in [1.807, 2.05) is 31.2 Å². The summed E-state index contributed by atoms with van der Waals surface area (Å²) in [7, 11) is 0. The Hall–Kier alpha value is -2.17. The number of benzene rings is 1. The van der Waals surface area contributed by atoms with Crippen molar-refractivity contribution in [3.63, 3.8) is 0 Å². The van der Waals surface area contributed by atoms with Crippen molar-refractivity contribution in [2.45, 2.75) is 25.7 Å². The van der Waals surface area contributed by atoms with E-state index in [2.05, 4.69) is 10.3 Å². The van der Waals surface area contributed by atoms with Gasteiger partial charge in [-0.3, -0.25) is 0 Å². The molecule has 1 saturated carbocycles. The van der Waals surface area contributed by atoms with E-state index in [9.17, 15) is 4.79 Å². The molecule has 92 valence electrons. The minimum atomic E-state index is -1.00. The number of nitrogens with zero attached hydrogens (tertiary/aromatic N) is 3. The second-order valence-corrected chi connectivity index (χ2v) is 4.65. The first-order valence-corrected chi connectivity index (χ1v) is 5.93. The van der Waals surface area contributed by atoms with Gasteiger partial charge in [0.15, 0.2) is 5.69 Å². The minimum absolute atomic E-state index is 0.0816. The lowest BCUT2D eigenvalue weighted by Crippen LogP contribution is -2.05. The standard InChI is InChI=1S/C13H13N3O2/c1-8-2-6-10(7-3-8)16-12(9-4-5-9)11(13(17)18)14-15-16/h2-3,6-7,9H,4-5H2,1H3,(H,17,18). The van der Waals surface area contributed by atoms with Gasteiger partial charge in [0.25, 0.3) is 0 Å². The average Bonchev–Trinajstić information content (AvgIpc) is 3.09. The molecule has 1 aromatic carbocycles. The van der Waals surface area contributed by atoms with Crippen LogP contribution in [0.1, 0.15) is 40.5 Å². The van der Waals surface area contributed by atoms with Crippen LogP contribution in [-0.4, -0.2) is 26.1 Å². The van der Waals surface area contributed by atoms with Crippen molar-refractivity contribution in [3.05, 3.63) is 41.2 Å². The molecule has 5 heteroatoms. The van der Waals surface area contributed by atoms with Crippen LogP contribution in [0.3, 0.4) is 0 Å². The summed E-state index contributed by atoms with van der Waals surface area (Å²) < 4.78 is 1.65. The van der Waals surface area contributed by atoms with Crippen molar-refractivity contribution in [2.75, 3.05) is 0 Å². The summed E-state index contributed by atoms with van der Waals surface area (Å²) in [5, 5.41) is 16.9. The lowest BCUT2D eigenvalue weighted by Gasteiger charge is -2.06. The number of aromatic carboxylic acids is 1. The predicted molar refractivity (Wildman–Crippen MR) is 65.0 cm³/mol. The van der Waals surface area contributed by atoms with E-state index >= 15 is 0 Å². The predicted octanol–water partition coefficient (Wildman–Crippen LogP) is 2.15. The fourth-order valence-electron chi connectivity index (χ4n) is 2.04. The molecule has 0 saturated heterocycles. The van der Waals surface area contributed by atoms with E-state index in [1.165, 1.54) is 0 Å². The summed E-state index contributed by atoms with van der Waals surface area (Å²) in [5.41, 5.74) is 2.83. The lowest BCUT2D eigenvalue weighted by molar-refractivity contribution is 0.0689. The van der Waals surface area contributed by atoms with Crippen molar-refractivity contribution >= 4 is 5.97 Å². The fourth-order valence-corrected chi connectivity index (χ4v) is 2.04. The van der Waals surface area contributed by atoms with Gasteiger partial charge in [-0.1, -0.05) is 22.9 Å². The van der Waals surface area contributed by atoms with E-state index in [1.54, 1.807) is 4.68 Å². The highest BCUT2D eigenvalue weighted by atomic mass is 16.4.